The number of nitrogens with one attached hydrogen (secondary N) is 1. The van der Waals surface area contributed by atoms with E-state index in [1.807, 2.05) is 23.0 Å². The zero-order valence-electron chi connectivity index (χ0n) is 12.2. The number of nitrogens with zero attached hydrogens (tertiary/aromatic N) is 2. The lowest BCUT2D eigenvalue weighted by atomic mass is 10.1. The largest absolute Gasteiger partial charge is 0.313 e. The molecular weight excluding hydrogens is 253 g/mol. The van der Waals surface area contributed by atoms with E-state index in [1.165, 1.54) is 23.4 Å². The first-order chi connectivity index (χ1) is 9.74. The van der Waals surface area contributed by atoms with Gasteiger partial charge in [-0.05, 0) is 30.7 Å². The summed E-state index contributed by atoms with van der Waals surface area (Å²) < 4.78 is 15.0. The van der Waals surface area contributed by atoms with Gasteiger partial charge in [-0.25, -0.2) is 4.39 Å². The van der Waals surface area contributed by atoms with E-state index < -0.39 is 0 Å². The molecule has 0 fully saturated rings. The molecule has 20 heavy (non-hydrogen) atoms. The molecule has 1 N–H and O–H groups in total. The van der Waals surface area contributed by atoms with E-state index in [0.29, 0.717) is 6.54 Å². The topological polar surface area (TPSA) is 29.9 Å². The van der Waals surface area contributed by atoms with Gasteiger partial charge in [0.1, 0.15) is 5.82 Å². The van der Waals surface area contributed by atoms with Crippen LogP contribution >= 0.6 is 0 Å². The Balaban J connectivity index is 2.17. The van der Waals surface area contributed by atoms with E-state index in [0.717, 1.165) is 31.5 Å². The van der Waals surface area contributed by atoms with Crippen LogP contribution in [0.5, 0.6) is 0 Å². The molecule has 0 amide bonds. The Hall–Kier alpha value is -1.68. The minimum Gasteiger partial charge on any atom is -0.313 e. The van der Waals surface area contributed by atoms with Crippen LogP contribution in [-0.2, 0) is 19.5 Å². The smallest absolute Gasteiger partial charge is 0.123 e. The van der Waals surface area contributed by atoms with Crippen molar-refractivity contribution in [2.75, 3.05) is 6.54 Å². The van der Waals surface area contributed by atoms with Gasteiger partial charge < -0.3 is 5.32 Å². The summed E-state index contributed by atoms with van der Waals surface area (Å²) in [5, 5.41) is 7.83. The molecular formula is C16H22FN3. The van der Waals surface area contributed by atoms with E-state index >= 15 is 0 Å². The molecule has 2 aromatic rings. The molecule has 0 spiro atoms. The fourth-order valence-corrected chi connectivity index (χ4v) is 2.28. The lowest BCUT2D eigenvalue weighted by Crippen LogP contribution is -2.14. The van der Waals surface area contributed by atoms with Crippen LogP contribution in [0.1, 0.15) is 37.1 Å². The number of rotatable bonds is 7. The predicted molar refractivity (Wildman–Crippen MR) is 79.1 cm³/mol. The van der Waals surface area contributed by atoms with Gasteiger partial charge in [0.25, 0.3) is 0 Å². The van der Waals surface area contributed by atoms with Crippen molar-refractivity contribution in [1.82, 2.24) is 15.1 Å². The molecule has 0 aliphatic carbocycles. The fraction of sp³-hybridized carbons (Fsp3) is 0.438. The first-order valence-corrected chi connectivity index (χ1v) is 7.23. The van der Waals surface area contributed by atoms with Gasteiger partial charge in [-0.1, -0.05) is 32.4 Å². The molecule has 0 bridgehead atoms. The van der Waals surface area contributed by atoms with E-state index in [9.17, 15) is 4.39 Å². The van der Waals surface area contributed by atoms with Gasteiger partial charge in [0, 0.05) is 17.8 Å². The summed E-state index contributed by atoms with van der Waals surface area (Å²) in [7, 11) is 0. The van der Waals surface area contributed by atoms with Crippen molar-refractivity contribution in [3.8, 4) is 0 Å². The Kier molecular flexibility index (Phi) is 5.30. The van der Waals surface area contributed by atoms with E-state index in [2.05, 4.69) is 24.3 Å². The minimum atomic E-state index is -0.198. The summed E-state index contributed by atoms with van der Waals surface area (Å²) in [5.41, 5.74) is 3.61. The second kappa shape index (κ2) is 7.20. The van der Waals surface area contributed by atoms with Gasteiger partial charge in [-0.3, -0.25) is 4.68 Å². The number of aromatic nitrogens is 2. The third-order valence-electron chi connectivity index (χ3n) is 3.33. The molecule has 0 unspecified atom stereocenters. The molecule has 2 rings (SSSR count). The molecule has 1 heterocycles. The number of halogens is 1. The van der Waals surface area contributed by atoms with Crippen LogP contribution in [0.3, 0.4) is 0 Å². The highest BCUT2D eigenvalue weighted by Gasteiger charge is 2.10. The lowest BCUT2D eigenvalue weighted by molar-refractivity contribution is 0.616. The molecule has 0 aliphatic rings. The van der Waals surface area contributed by atoms with Crippen molar-refractivity contribution in [3.05, 3.63) is 53.1 Å². The Morgan fingerprint density at radius 3 is 2.60 bits per heavy atom. The highest BCUT2D eigenvalue weighted by Crippen LogP contribution is 2.14. The first kappa shape index (κ1) is 14.7. The lowest BCUT2D eigenvalue weighted by Gasteiger charge is -2.09. The van der Waals surface area contributed by atoms with Crippen LogP contribution in [0, 0.1) is 5.82 Å². The molecule has 0 radical (unpaired) electrons. The molecule has 0 saturated carbocycles. The predicted octanol–water partition coefficient (Wildman–Crippen LogP) is 3.13. The van der Waals surface area contributed by atoms with Crippen LogP contribution in [0.25, 0.3) is 0 Å². The average molecular weight is 275 g/mol. The van der Waals surface area contributed by atoms with Crippen LogP contribution in [0.15, 0.2) is 30.5 Å². The third-order valence-corrected chi connectivity index (χ3v) is 3.33. The summed E-state index contributed by atoms with van der Waals surface area (Å²) in [4.78, 5) is 0. The Labute approximate surface area is 119 Å². The third kappa shape index (κ3) is 3.67. The van der Waals surface area contributed by atoms with E-state index in [-0.39, 0.29) is 5.82 Å². The second-order valence-corrected chi connectivity index (χ2v) is 4.93. The molecule has 0 aliphatic heterocycles. The number of hydrogen-bond donors (Lipinski definition) is 1. The van der Waals surface area contributed by atoms with Crippen molar-refractivity contribution in [2.45, 2.75) is 39.8 Å². The van der Waals surface area contributed by atoms with Crippen molar-refractivity contribution in [1.29, 1.82) is 0 Å². The monoisotopic (exact) mass is 275 g/mol. The molecule has 0 atom stereocenters. The van der Waals surface area contributed by atoms with Crippen LogP contribution in [0.4, 0.5) is 4.39 Å². The molecule has 4 heteroatoms. The van der Waals surface area contributed by atoms with Gasteiger partial charge in [0.05, 0.1) is 12.7 Å². The summed E-state index contributed by atoms with van der Waals surface area (Å²) in [6, 6.07) is 6.63. The zero-order chi connectivity index (χ0) is 14.4. The summed E-state index contributed by atoms with van der Waals surface area (Å²) in [6.07, 6.45) is 4.05. The fourth-order valence-electron chi connectivity index (χ4n) is 2.28. The quantitative estimate of drug-likeness (QED) is 0.841. The Morgan fingerprint density at radius 1 is 1.20 bits per heavy atom. The second-order valence-electron chi connectivity index (χ2n) is 4.93. The highest BCUT2D eigenvalue weighted by atomic mass is 19.1. The Morgan fingerprint density at radius 2 is 1.95 bits per heavy atom. The van der Waals surface area contributed by atoms with Crippen LogP contribution in [-0.4, -0.2) is 16.3 Å². The Bertz CT molecular complexity index is 531. The van der Waals surface area contributed by atoms with Gasteiger partial charge >= 0.3 is 0 Å². The number of benzene rings is 1. The van der Waals surface area contributed by atoms with Crippen molar-refractivity contribution in [3.63, 3.8) is 0 Å². The maximum atomic E-state index is 12.9. The van der Waals surface area contributed by atoms with Crippen molar-refractivity contribution in [2.24, 2.45) is 0 Å². The normalized spacial score (nSPS) is 10.9. The molecule has 1 aromatic carbocycles. The van der Waals surface area contributed by atoms with E-state index in [1.54, 1.807) is 0 Å². The van der Waals surface area contributed by atoms with Crippen LogP contribution in [0.2, 0.25) is 0 Å². The maximum absolute atomic E-state index is 12.9. The van der Waals surface area contributed by atoms with Gasteiger partial charge in [-0.15, -0.1) is 0 Å². The summed E-state index contributed by atoms with van der Waals surface area (Å²) in [6.45, 7) is 6.78. The van der Waals surface area contributed by atoms with Gasteiger partial charge in [0.2, 0.25) is 0 Å². The molecule has 3 nitrogen and oxygen atoms in total. The average Bonchev–Trinajstić information content (AvgIpc) is 2.82. The van der Waals surface area contributed by atoms with Crippen molar-refractivity contribution < 1.29 is 4.39 Å². The standard InChI is InChI=1S/C16H22FN3/c1-3-5-16-14(10-18-4-2)11-19-20(16)12-13-6-8-15(17)9-7-13/h6-9,11,18H,3-5,10,12H2,1-2H3. The van der Waals surface area contributed by atoms with Gasteiger partial charge in [0.15, 0.2) is 0 Å². The van der Waals surface area contributed by atoms with Gasteiger partial charge in [-0.2, -0.15) is 5.10 Å². The summed E-state index contributed by atoms with van der Waals surface area (Å²) in [5.74, 6) is -0.198. The summed E-state index contributed by atoms with van der Waals surface area (Å²) >= 11 is 0. The molecule has 0 saturated heterocycles. The molecule has 108 valence electrons. The number of hydrogen-bond acceptors (Lipinski definition) is 2. The highest BCUT2D eigenvalue weighted by molar-refractivity contribution is 5.21. The maximum Gasteiger partial charge on any atom is 0.123 e. The SMILES string of the molecule is CCCc1c(CNCC)cnn1Cc1ccc(F)cc1. The van der Waals surface area contributed by atoms with Crippen molar-refractivity contribution >= 4 is 0 Å². The first-order valence-electron chi connectivity index (χ1n) is 7.23. The molecule has 1 aromatic heterocycles. The minimum absolute atomic E-state index is 0.198. The van der Waals surface area contributed by atoms with Crippen LogP contribution < -0.4 is 5.32 Å². The zero-order valence-corrected chi connectivity index (χ0v) is 12.2. The van der Waals surface area contributed by atoms with E-state index in [4.69, 9.17) is 0 Å².